The summed E-state index contributed by atoms with van der Waals surface area (Å²) >= 11 is 1.34. The third kappa shape index (κ3) is 4.64. The molecule has 1 aromatic carbocycles. The van der Waals surface area contributed by atoms with Gasteiger partial charge in [0.05, 0.1) is 10.8 Å². The van der Waals surface area contributed by atoms with Crippen molar-refractivity contribution in [2.75, 3.05) is 18.8 Å². The molecular weight excluding hydrogens is 392 g/mol. The second kappa shape index (κ2) is 9.20. The molecular formula is C21H26N2O3S2. The maximum atomic E-state index is 12.7. The topological polar surface area (TPSA) is 67.3 Å². The highest BCUT2D eigenvalue weighted by molar-refractivity contribution is 7.99. The Bertz CT molecular complexity index is 935. The van der Waals surface area contributed by atoms with Crippen LogP contribution >= 0.6 is 11.8 Å². The first-order valence-electron chi connectivity index (χ1n) is 9.69. The third-order valence-electron chi connectivity index (χ3n) is 5.03. The Hall–Kier alpha value is -1.70. The zero-order valence-corrected chi connectivity index (χ0v) is 18.0. The van der Waals surface area contributed by atoms with E-state index in [2.05, 4.69) is 18.0 Å². The molecule has 0 N–H and O–H groups in total. The average molecular weight is 419 g/mol. The van der Waals surface area contributed by atoms with Crippen molar-refractivity contribution in [1.82, 2.24) is 9.29 Å². The first-order valence-corrected chi connectivity index (χ1v) is 12.1. The molecule has 28 heavy (non-hydrogen) atoms. The van der Waals surface area contributed by atoms with Crippen LogP contribution in [0.4, 0.5) is 0 Å². The summed E-state index contributed by atoms with van der Waals surface area (Å²) in [7, 11) is -3.45. The summed E-state index contributed by atoms with van der Waals surface area (Å²) in [5.41, 5.74) is 2.99. The van der Waals surface area contributed by atoms with Crippen molar-refractivity contribution in [2.45, 2.75) is 49.5 Å². The summed E-state index contributed by atoms with van der Waals surface area (Å²) in [6, 6.07) is 9.37. The summed E-state index contributed by atoms with van der Waals surface area (Å²) in [5, 5.41) is 0.651. The van der Waals surface area contributed by atoms with Crippen LogP contribution in [0.25, 0.3) is 0 Å². The number of pyridine rings is 1. The van der Waals surface area contributed by atoms with Gasteiger partial charge in [-0.15, -0.1) is 0 Å². The van der Waals surface area contributed by atoms with Crippen LogP contribution < -0.4 is 0 Å². The molecule has 7 heteroatoms. The number of ketones is 1. The minimum Gasteiger partial charge on any atom is -0.293 e. The number of sulfonamides is 1. The van der Waals surface area contributed by atoms with E-state index < -0.39 is 10.0 Å². The molecule has 0 bridgehead atoms. The van der Waals surface area contributed by atoms with E-state index in [1.54, 1.807) is 12.1 Å². The van der Waals surface area contributed by atoms with Crippen molar-refractivity contribution in [2.24, 2.45) is 0 Å². The Morgan fingerprint density at radius 2 is 1.86 bits per heavy atom. The number of nitrogens with zero attached hydrogens (tertiary/aromatic N) is 2. The Labute approximate surface area is 171 Å². The minimum atomic E-state index is -3.45. The van der Waals surface area contributed by atoms with E-state index in [1.165, 1.54) is 22.3 Å². The molecule has 0 saturated carbocycles. The second-order valence-corrected chi connectivity index (χ2v) is 9.79. The van der Waals surface area contributed by atoms with E-state index in [0.717, 1.165) is 42.4 Å². The van der Waals surface area contributed by atoms with Gasteiger partial charge < -0.3 is 0 Å². The van der Waals surface area contributed by atoms with Gasteiger partial charge in [-0.05, 0) is 55.0 Å². The molecule has 0 amide bonds. The van der Waals surface area contributed by atoms with E-state index >= 15 is 0 Å². The van der Waals surface area contributed by atoms with E-state index in [9.17, 15) is 13.2 Å². The maximum Gasteiger partial charge on any atom is 0.244 e. The van der Waals surface area contributed by atoms with Gasteiger partial charge in [0.25, 0.3) is 0 Å². The predicted octanol–water partition coefficient (Wildman–Crippen LogP) is 3.97. The first kappa shape index (κ1) is 21.0. The molecule has 5 nitrogen and oxygen atoms in total. The summed E-state index contributed by atoms with van der Waals surface area (Å²) in [5.74, 6) is 0.360. The number of thioether (sulfide) groups is 1. The Morgan fingerprint density at radius 3 is 2.46 bits per heavy atom. The number of aromatic nitrogens is 1. The van der Waals surface area contributed by atoms with Crippen molar-refractivity contribution in [1.29, 1.82) is 0 Å². The van der Waals surface area contributed by atoms with Crippen LogP contribution in [-0.2, 0) is 22.9 Å². The van der Waals surface area contributed by atoms with E-state index in [4.69, 9.17) is 0 Å². The van der Waals surface area contributed by atoms with Crippen molar-refractivity contribution in [3.05, 3.63) is 53.2 Å². The van der Waals surface area contributed by atoms with Crippen LogP contribution in [0, 0.1) is 0 Å². The minimum absolute atomic E-state index is 0.0766. The molecule has 1 saturated heterocycles. The van der Waals surface area contributed by atoms with Gasteiger partial charge >= 0.3 is 0 Å². The molecule has 1 aliphatic heterocycles. The summed E-state index contributed by atoms with van der Waals surface area (Å²) in [6.45, 7) is 5.27. The number of carbonyl (C=O) groups is 1. The van der Waals surface area contributed by atoms with Gasteiger partial charge in [0.2, 0.25) is 10.0 Å². The fourth-order valence-corrected chi connectivity index (χ4v) is 5.50. The van der Waals surface area contributed by atoms with Crippen LogP contribution in [0.3, 0.4) is 0 Å². The molecule has 0 radical (unpaired) electrons. The Balaban J connectivity index is 1.67. The van der Waals surface area contributed by atoms with Gasteiger partial charge in [0.15, 0.2) is 5.78 Å². The van der Waals surface area contributed by atoms with Crippen molar-refractivity contribution < 1.29 is 13.2 Å². The van der Waals surface area contributed by atoms with Gasteiger partial charge in [0.1, 0.15) is 4.90 Å². The molecule has 1 fully saturated rings. The number of rotatable bonds is 8. The normalized spacial score (nSPS) is 15.1. The van der Waals surface area contributed by atoms with Gasteiger partial charge in [-0.3, -0.25) is 4.79 Å². The van der Waals surface area contributed by atoms with Gasteiger partial charge in [-0.25, -0.2) is 13.4 Å². The fourth-order valence-electron chi connectivity index (χ4n) is 3.31. The van der Waals surface area contributed by atoms with Gasteiger partial charge in [0, 0.05) is 24.8 Å². The predicted molar refractivity (Wildman–Crippen MR) is 112 cm³/mol. The Morgan fingerprint density at radius 1 is 1.11 bits per heavy atom. The molecule has 0 atom stereocenters. The summed E-state index contributed by atoms with van der Waals surface area (Å²) < 4.78 is 26.6. The molecule has 2 aromatic rings. The summed E-state index contributed by atoms with van der Waals surface area (Å²) in [4.78, 5) is 17.2. The van der Waals surface area contributed by atoms with Crippen molar-refractivity contribution in [3.8, 4) is 0 Å². The lowest BCUT2D eigenvalue weighted by atomic mass is 9.98. The Kier molecular flexibility index (Phi) is 6.91. The SMILES string of the molecule is CCc1ccc(CC)c(C(=O)CSc2ccc(S(=O)(=O)N3CCCC3)cn2)c1. The van der Waals surface area contributed by atoms with Crippen LogP contribution in [0.1, 0.15) is 48.2 Å². The quantitative estimate of drug-likeness (QED) is 0.479. The molecule has 150 valence electrons. The molecule has 0 aliphatic carbocycles. The van der Waals surface area contributed by atoms with E-state index in [-0.39, 0.29) is 16.4 Å². The molecule has 0 unspecified atom stereocenters. The lowest BCUT2D eigenvalue weighted by Gasteiger charge is -2.15. The summed E-state index contributed by atoms with van der Waals surface area (Å²) in [6.07, 6.45) is 4.92. The lowest BCUT2D eigenvalue weighted by Crippen LogP contribution is -2.27. The molecule has 0 spiro atoms. The molecule has 3 rings (SSSR count). The smallest absolute Gasteiger partial charge is 0.244 e. The van der Waals surface area contributed by atoms with E-state index in [1.807, 2.05) is 19.1 Å². The van der Waals surface area contributed by atoms with Gasteiger partial charge in [-0.2, -0.15) is 4.31 Å². The van der Waals surface area contributed by atoms with Crippen LogP contribution in [0.2, 0.25) is 0 Å². The van der Waals surface area contributed by atoms with Crippen LogP contribution in [0.5, 0.6) is 0 Å². The van der Waals surface area contributed by atoms with Crippen LogP contribution in [-0.4, -0.2) is 42.3 Å². The zero-order valence-electron chi connectivity index (χ0n) is 16.3. The molecule has 2 heterocycles. The number of hydrogen-bond acceptors (Lipinski definition) is 5. The largest absolute Gasteiger partial charge is 0.293 e. The number of hydrogen-bond donors (Lipinski definition) is 0. The van der Waals surface area contributed by atoms with E-state index in [0.29, 0.717) is 18.1 Å². The van der Waals surface area contributed by atoms with Crippen molar-refractivity contribution in [3.63, 3.8) is 0 Å². The number of aryl methyl sites for hydroxylation is 2. The molecule has 1 aliphatic rings. The number of benzene rings is 1. The standard InChI is InChI=1S/C21H26N2O3S2/c1-3-16-7-8-17(4-2)19(13-16)20(24)15-27-21-10-9-18(14-22-21)28(25,26)23-11-5-6-12-23/h7-10,13-14H,3-6,11-12,15H2,1-2H3. The highest BCUT2D eigenvalue weighted by Crippen LogP contribution is 2.24. The lowest BCUT2D eigenvalue weighted by molar-refractivity contribution is 0.102. The average Bonchev–Trinajstić information content (AvgIpc) is 3.27. The highest BCUT2D eigenvalue weighted by atomic mass is 32.2. The maximum absolute atomic E-state index is 12.7. The second-order valence-electron chi connectivity index (χ2n) is 6.85. The third-order valence-corrected chi connectivity index (χ3v) is 7.85. The fraction of sp³-hybridized carbons (Fsp3) is 0.429. The first-order chi connectivity index (χ1) is 13.5. The number of carbonyl (C=O) groups excluding carboxylic acids is 1. The number of Topliss-reactive ketones (excluding diaryl/α,β-unsaturated/α-hetero) is 1. The van der Waals surface area contributed by atoms with Gasteiger partial charge in [-0.1, -0.05) is 37.7 Å². The zero-order chi connectivity index (χ0) is 20.1. The molecule has 1 aromatic heterocycles. The van der Waals surface area contributed by atoms with Crippen LogP contribution in [0.15, 0.2) is 46.5 Å². The monoisotopic (exact) mass is 418 g/mol. The highest BCUT2D eigenvalue weighted by Gasteiger charge is 2.27. The van der Waals surface area contributed by atoms with Crippen molar-refractivity contribution >= 4 is 27.6 Å².